The molecular formula is C18H21BrN2O3S. The first-order valence-electron chi connectivity index (χ1n) is 7.80. The predicted molar refractivity (Wildman–Crippen MR) is 104 cm³/mol. The van der Waals surface area contributed by atoms with E-state index < -0.39 is 11.7 Å². The van der Waals surface area contributed by atoms with E-state index in [0.29, 0.717) is 13.0 Å². The molecule has 5 nitrogen and oxygen atoms in total. The number of thiophene rings is 1. The Bertz CT molecular complexity index is 736. The summed E-state index contributed by atoms with van der Waals surface area (Å²) in [4.78, 5) is 24.7. The van der Waals surface area contributed by atoms with Gasteiger partial charge in [-0.05, 0) is 60.5 Å². The van der Waals surface area contributed by atoms with E-state index >= 15 is 0 Å². The molecule has 1 aromatic heterocycles. The van der Waals surface area contributed by atoms with Crippen LogP contribution < -0.4 is 10.6 Å². The molecule has 1 heterocycles. The van der Waals surface area contributed by atoms with Crippen molar-refractivity contribution in [3.05, 3.63) is 50.6 Å². The van der Waals surface area contributed by atoms with Crippen molar-refractivity contribution in [2.75, 3.05) is 5.32 Å². The normalized spacial score (nSPS) is 11.0. The van der Waals surface area contributed by atoms with Crippen LogP contribution in [0.25, 0.3) is 0 Å². The summed E-state index contributed by atoms with van der Waals surface area (Å²) >= 11 is 4.92. The maximum absolute atomic E-state index is 12.0. The fraction of sp³-hybridized carbons (Fsp3) is 0.333. The van der Waals surface area contributed by atoms with Crippen LogP contribution in [0, 0.1) is 0 Å². The zero-order valence-electron chi connectivity index (χ0n) is 14.4. The highest BCUT2D eigenvalue weighted by Crippen LogP contribution is 2.20. The standard InChI is InChI=1S/C18H21BrN2O3S/c1-18(2,3)24-17(23)20-10-12-4-6-14(7-5-12)21-16(22)9-15-8-13(19)11-25-15/h4-8,11H,9-10H2,1-3H3,(H,20,23)(H,21,22). The fourth-order valence-electron chi connectivity index (χ4n) is 2.00. The van der Waals surface area contributed by atoms with E-state index in [4.69, 9.17) is 4.74 Å². The van der Waals surface area contributed by atoms with Gasteiger partial charge < -0.3 is 15.4 Å². The molecule has 0 saturated carbocycles. The number of amides is 2. The van der Waals surface area contributed by atoms with Crippen molar-refractivity contribution < 1.29 is 14.3 Å². The Morgan fingerprint density at radius 3 is 2.44 bits per heavy atom. The van der Waals surface area contributed by atoms with Crippen molar-refractivity contribution in [1.29, 1.82) is 0 Å². The molecule has 2 rings (SSSR count). The molecule has 0 bridgehead atoms. The second kappa shape index (κ2) is 8.49. The minimum Gasteiger partial charge on any atom is -0.444 e. The molecule has 2 amide bonds. The third kappa shape index (κ3) is 7.27. The van der Waals surface area contributed by atoms with E-state index in [1.807, 2.05) is 56.5 Å². The van der Waals surface area contributed by atoms with Gasteiger partial charge in [0.1, 0.15) is 5.60 Å². The number of carbonyl (C=O) groups is 2. The molecule has 0 fully saturated rings. The number of alkyl carbamates (subject to hydrolysis) is 1. The molecule has 0 aliphatic heterocycles. The maximum atomic E-state index is 12.0. The van der Waals surface area contributed by atoms with Crippen LogP contribution in [0.1, 0.15) is 31.2 Å². The molecule has 25 heavy (non-hydrogen) atoms. The SMILES string of the molecule is CC(C)(C)OC(=O)NCc1ccc(NC(=O)Cc2cc(Br)cs2)cc1. The number of nitrogens with one attached hydrogen (secondary N) is 2. The second-order valence-electron chi connectivity index (χ2n) is 6.51. The van der Waals surface area contributed by atoms with Gasteiger partial charge in [0.25, 0.3) is 0 Å². The Labute approximate surface area is 159 Å². The van der Waals surface area contributed by atoms with E-state index in [1.54, 1.807) is 11.3 Å². The zero-order valence-corrected chi connectivity index (χ0v) is 16.8. The summed E-state index contributed by atoms with van der Waals surface area (Å²) < 4.78 is 6.17. The van der Waals surface area contributed by atoms with Crippen molar-refractivity contribution in [1.82, 2.24) is 5.32 Å². The molecular weight excluding hydrogens is 404 g/mol. The van der Waals surface area contributed by atoms with Crippen molar-refractivity contribution in [2.45, 2.75) is 39.3 Å². The Balaban J connectivity index is 1.81. The van der Waals surface area contributed by atoms with E-state index in [9.17, 15) is 9.59 Å². The molecule has 7 heteroatoms. The molecule has 2 aromatic rings. The Morgan fingerprint density at radius 2 is 1.88 bits per heavy atom. The van der Waals surface area contributed by atoms with Crippen LogP contribution >= 0.6 is 27.3 Å². The molecule has 0 atom stereocenters. The number of hydrogen-bond donors (Lipinski definition) is 2. The van der Waals surface area contributed by atoms with Gasteiger partial charge in [0.05, 0.1) is 6.42 Å². The first kappa shape index (κ1) is 19.5. The molecule has 0 radical (unpaired) electrons. The summed E-state index contributed by atoms with van der Waals surface area (Å²) in [5.74, 6) is -0.0611. The molecule has 0 spiro atoms. The van der Waals surface area contributed by atoms with Crippen molar-refractivity contribution >= 4 is 45.0 Å². The van der Waals surface area contributed by atoms with Crippen LogP contribution in [0.3, 0.4) is 0 Å². The van der Waals surface area contributed by atoms with Crippen molar-refractivity contribution in [2.24, 2.45) is 0 Å². The molecule has 0 aliphatic rings. The Hall–Kier alpha value is -1.86. The van der Waals surface area contributed by atoms with Gasteiger partial charge in [-0.3, -0.25) is 4.79 Å². The van der Waals surface area contributed by atoms with Gasteiger partial charge in [-0.15, -0.1) is 11.3 Å². The molecule has 134 valence electrons. The maximum Gasteiger partial charge on any atom is 0.407 e. The van der Waals surface area contributed by atoms with Crippen LogP contribution in [-0.4, -0.2) is 17.6 Å². The highest BCUT2D eigenvalue weighted by Gasteiger charge is 2.15. The summed E-state index contributed by atoms with van der Waals surface area (Å²) in [6, 6.07) is 9.28. The average Bonchev–Trinajstić information content (AvgIpc) is 2.89. The first-order chi connectivity index (χ1) is 11.7. The third-order valence-electron chi connectivity index (χ3n) is 3.03. The van der Waals surface area contributed by atoms with Crippen LogP contribution in [0.4, 0.5) is 10.5 Å². The Morgan fingerprint density at radius 1 is 1.20 bits per heavy atom. The smallest absolute Gasteiger partial charge is 0.407 e. The molecule has 0 unspecified atom stereocenters. The minimum atomic E-state index is -0.517. The average molecular weight is 425 g/mol. The fourth-order valence-corrected chi connectivity index (χ4v) is 3.45. The zero-order chi connectivity index (χ0) is 18.4. The quantitative estimate of drug-likeness (QED) is 0.729. The number of anilines is 1. The lowest BCUT2D eigenvalue weighted by Crippen LogP contribution is -2.32. The lowest BCUT2D eigenvalue weighted by molar-refractivity contribution is -0.115. The van der Waals surface area contributed by atoms with Crippen LogP contribution in [0.15, 0.2) is 40.2 Å². The van der Waals surface area contributed by atoms with Gasteiger partial charge in [0.2, 0.25) is 5.91 Å². The summed E-state index contributed by atoms with van der Waals surface area (Å²) in [7, 11) is 0. The van der Waals surface area contributed by atoms with Crippen molar-refractivity contribution in [3.63, 3.8) is 0 Å². The van der Waals surface area contributed by atoms with Gasteiger partial charge in [-0.25, -0.2) is 4.79 Å². The number of rotatable bonds is 5. The summed E-state index contributed by atoms with van der Waals surface area (Å²) in [5.41, 5.74) is 1.13. The lowest BCUT2D eigenvalue weighted by Gasteiger charge is -2.19. The second-order valence-corrected chi connectivity index (χ2v) is 8.42. The Kier molecular flexibility index (Phi) is 6.61. The molecule has 0 aliphatic carbocycles. The van der Waals surface area contributed by atoms with Gasteiger partial charge in [0, 0.05) is 27.0 Å². The van der Waals surface area contributed by atoms with Crippen molar-refractivity contribution in [3.8, 4) is 0 Å². The van der Waals surface area contributed by atoms with Crippen LogP contribution in [0.5, 0.6) is 0 Å². The highest BCUT2D eigenvalue weighted by atomic mass is 79.9. The summed E-state index contributed by atoms with van der Waals surface area (Å²) in [6.45, 7) is 5.82. The van der Waals surface area contributed by atoms with E-state index in [2.05, 4.69) is 26.6 Å². The minimum absolute atomic E-state index is 0.0611. The number of hydrogen-bond acceptors (Lipinski definition) is 4. The molecule has 1 aromatic carbocycles. The summed E-state index contributed by atoms with van der Waals surface area (Å²) in [5, 5.41) is 7.52. The lowest BCUT2D eigenvalue weighted by atomic mass is 10.2. The summed E-state index contributed by atoms with van der Waals surface area (Å²) in [6.07, 6.45) is -0.106. The van der Waals surface area contributed by atoms with Gasteiger partial charge in [-0.1, -0.05) is 12.1 Å². The van der Waals surface area contributed by atoms with Crippen LogP contribution in [0.2, 0.25) is 0 Å². The first-order valence-corrected chi connectivity index (χ1v) is 9.47. The topological polar surface area (TPSA) is 67.4 Å². The number of benzene rings is 1. The number of carbonyl (C=O) groups excluding carboxylic acids is 2. The van der Waals surface area contributed by atoms with Crippen LogP contribution in [-0.2, 0) is 22.5 Å². The van der Waals surface area contributed by atoms with E-state index in [0.717, 1.165) is 20.6 Å². The molecule has 0 saturated heterocycles. The number of halogens is 1. The van der Waals surface area contributed by atoms with Gasteiger partial charge in [0.15, 0.2) is 0 Å². The van der Waals surface area contributed by atoms with Gasteiger partial charge in [-0.2, -0.15) is 0 Å². The highest BCUT2D eigenvalue weighted by molar-refractivity contribution is 9.10. The third-order valence-corrected chi connectivity index (χ3v) is 4.73. The largest absolute Gasteiger partial charge is 0.444 e. The van der Waals surface area contributed by atoms with E-state index in [-0.39, 0.29) is 5.91 Å². The van der Waals surface area contributed by atoms with E-state index in [1.165, 1.54) is 0 Å². The monoisotopic (exact) mass is 424 g/mol. The predicted octanol–water partition coefficient (Wildman–Crippen LogP) is 4.72. The number of ether oxygens (including phenoxy) is 1. The van der Waals surface area contributed by atoms with Gasteiger partial charge >= 0.3 is 6.09 Å². The molecule has 2 N–H and O–H groups in total.